The monoisotopic (exact) mass is 305 g/mol. The Morgan fingerprint density at radius 1 is 1.19 bits per heavy atom. The van der Waals surface area contributed by atoms with E-state index in [1.807, 2.05) is 6.07 Å². The summed E-state index contributed by atoms with van der Waals surface area (Å²) in [4.78, 5) is 0. The molecule has 0 spiro atoms. The Morgan fingerprint density at radius 3 is 2.76 bits per heavy atom. The van der Waals surface area contributed by atoms with Gasteiger partial charge < -0.3 is 10.1 Å². The van der Waals surface area contributed by atoms with Gasteiger partial charge in [-0.05, 0) is 24.3 Å². The van der Waals surface area contributed by atoms with Crippen LogP contribution in [0.3, 0.4) is 0 Å². The molecule has 110 valence electrons. The van der Waals surface area contributed by atoms with E-state index in [0.717, 1.165) is 5.56 Å². The molecule has 0 aliphatic heterocycles. The first kappa shape index (κ1) is 15.5. The summed E-state index contributed by atoms with van der Waals surface area (Å²) in [6.07, 6.45) is 1.78. The van der Waals surface area contributed by atoms with E-state index in [-0.39, 0.29) is 12.4 Å². The van der Waals surface area contributed by atoms with Crippen molar-refractivity contribution in [2.75, 3.05) is 6.54 Å². The fourth-order valence-corrected chi connectivity index (χ4v) is 2.10. The third-order valence-corrected chi connectivity index (χ3v) is 3.20. The van der Waals surface area contributed by atoms with Gasteiger partial charge in [-0.1, -0.05) is 35.9 Å². The molecule has 0 unspecified atom stereocenters. The first-order valence-electron chi connectivity index (χ1n) is 6.67. The molecule has 2 aromatic rings. The van der Waals surface area contributed by atoms with Crippen LogP contribution < -0.4 is 10.1 Å². The van der Waals surface area contributed by atoms with Crippen LogP contribution in [0.25, 0.3) is 0 Å². The van der Waals surface area contributed by atoms with Crippen molar-refractivity contribution in [2.45, 2.75) is 13.2 Å². The molecular formula is C17H17ClFNO. The van der Waals surface area contributed by atoms with E-state index in [0.29, 0.717) is 29.4 Å². The minimum atomic E-state index is -0.266. The zero-order chi connectivity index (χ0) is 15.1. The van der Waals surface area contributed by atoms with Gasteiger partial charge in [-0.15, -0.1) is 6.58 Å². The average Bonchev–Trinajstić information content (AvgIpc) is 2.48. The Labute approximate surface area is 129 Å². The molecule has 0 saturated carbocycles. The van der Waals surface area contributed by atoms with Gasteiger partial charge in [0.05, 0.1) is 0 Å². The van der Waals surface area contributed by atoms with E-state index in [1.54, 1.807) is 36.4 Å². The SMILES string of the molecule is C=CCNCc1cc(Cl)ccc1OCc1ccccc1F. The Bertz CT molecular complexity index is 615. The predicted molar refractivity (Wildman–Crippen MR) is 84.1 cm³/mol. The number of ether oxygens (including phenoxy) is 1. The molecule has 4 heteroatoms. The molecule has 1 N–H and O–H groups in total. The summed E-state index contributed by atoms with van der Waals surface area (Å²) >= 11 is 6.01. The number of benzene rings is 2. The second-order valence-corrected chi connectivity index (χ2v) is 4.99. The number of hydrogen-bond donors (Lipinski definition) is 1. The van der Waals surface area contributed by atoms with Gasteiger partial charge in [-0.3, -0.25) is 0 Å². The maximum atomic E-state index is 13.6. The number of nitrogens with one attached hydrogen (secondary N) is 1. The Kier molecular flexibility index (Phi) is 5.78. The third-order valence-electron chi connectivity index (χ3n) is 2.97. The third kappa shape index (κ3) is 4.59. The van der Waals surface area contributed by atoms with E-state index in [1.165, 1.54) is 6.07 Å². The Hall–Kier alpha value is -1.84. The molecule has 2 aromatic carbocycles. The summed E-state index contributed by atoms with van der Waals surface area (Å²) in [6.45, 7) is 5.14. The topological polar surface area (TPSA) is 21.3 Å². The van der Waals surface area contributed by atoms with E-state index in [2.05, 4.69) is 11.9 Å². The van der Waals surface area contributed by atoms with Crippen LogP contribution in [0.4, 0.5) is 4.39 Å². The second kappa shape index (κ2) is 7.81. The molecule has 0 aliphatic rings. The van der Waals surface area contributed by atoms with Crippen LogP contribution in [0.2, 0.25) is 5.02 Å². The molecule has 0 saturated heterocycles. The summed E-state index contributed by atoms with van der Waals surface area (Å²) in [5.41, 5.74) is 1.46. The first-order chi connectivity index (χ1) is 10.2. The minimum Gasteiger partial charge on any atom is -0.488 e. The summed E-state index contributed by atoms with van der Waals surface area (Å²) < 4.78 is 19.3. The van der Waals surface area contributed by atoms with Crippen LogP contribution in [0.5, 0.6) is 5.75 Å². The maximum Gasteiger partial charge on any atom is 0.129 e. The van der Waals surface area contributed by atoms with Gasteiger partial charge in [0.25, 0.3) is 0 Å². The van der Waals surface area contributed by atoms with Crippen LogP contribution >= 0.6 is 11.6 Å². The lowest BCUT2D eigenvalue weighted by molar-refractivity contribution is 0.296. The standard InChI is InChI=1S/C17H17ClFNO/c1-2-9-20-11-14-10-15(18)7-8-17(14)21-12-13-5-3-4-6-16(13)19/h2-8,10,20H,1,9,11-12H2. The highest BCUT2D eigenvalue weighted by Gasteiger charge is 2.07. The molecule has 0 fully saturated rings. The zero-order valence-electron chi connectivity index (χ0n) is 11.6. The fourth-order valence-electron chi connectivity index (χ4n) is 1.91. The number of halogens is 2. The fraction of sp³-hybridized carbons (Fsp3) is 0.176. The van der Waals surface area contributed by atoms with Gasteiger partial charge >= 0.3 is 0 Å². The van der Waals surface area contributed by atoms with Crippen LogP contribution in [-0.4, -0.2) is 6.54 Å². The quantitative estimate of drug-likeness (QED) is 0.607. The lowest BCUT2D eigenvalue weighted by Gasteiger charge is -2.13. The molecule has 0 heterocycles. The molecule has 0 amide bonds. The largest absolute Gasteiger partial charge is 0.488 e. The first-order valence-corrected chi connectivity index (χ1v) is 7.04. The Balaban J connectivity index is 2.08. The van der Waals surface area contributed by atoms with Crippen LogP contribution in [-0.2, 0) is 13.2 Å². The molecule has 21 heavy (non-hydrogen) atoms. The smallest absolute Gasteiger partial charge is 0.129 e. The van der Waals surface area contributed by atoms with Crippen LogP contribution in [0, 0.1) is 5.82 Å². The number of hydrogen-bond acceptors (Lipinski definition) is 2. The highest BCUT2D eigenvalue weighted by atomic mass is 35.5. The Morgan fingerprint density at radius 2 is 2.00 bits per heavy atom. The van der Waals surface area contributed by atoms with Crippen molar-refractivity contribution < 1.29 is 9.13 Å². The molecule has 0 aliphatic carbocycles. The molecule has 0 aromatic heterocycles. The van der Waals surface area contributed by atoms with Gasteiger partial charge in [-0.25, -0.2) is 4.39 Å². The number of rotatable bonds is 7. The lowest BCUT2D eigenvalue weighted by Crippen LogP contribution is -2.13. The summed E-state index contributed by atoms with van der Waals surface area (Å²) in [7, 11) is 0. The van der Waals surface area contributed by atoms with Crippen molar-refractivity contribution in [1.82, 2.24) is 5.32 Å². The highest BCUT2D eigenvalue weighted by molar-refractivity contribution is 6.30. The van der Waals surface area contributed by atoms with Gasteiger partial charge in [0.2, 0.25) is 0 Å². The minimum absolute atomic E-state index is 0.183. The van der Waals surface area contributed by atoms with Gasteiger partial charge in [0.1, 0.15) is 18.2 Å². The molecule has 2 rings (SSSR count). The maximum absolute atomic E-state index is 13.6. The van der Waals surface area contributed by atoms with E-state index < -0.39 is 0 Å². The van der Waals surface area contributed by atoms with Crippen molar-refractivity contribution in [3.05, 3.63) is 77.1 Å². The zero-order valence-corrected chi connectivity index (χ0v) is 12.4. The van der Waals surface area contributed by atoms with Crippen molar-refractivity contribution in [2.24, 2.45) is 0 Å². The summed E-state index contributed by atoms with van der Waals surface area (Å²) in [5.74, 6) is 0.428. The molecule has 2 nitrogen and oxygen atoms in total. The normalized spacial score (nSPS) is 10.4. The van der Waals surface area contributed by atoms with Crippen molar-refractivity contribution in [3.63, 3.8) is 0 Å². The average molecular weight is 306 g/mol. The molecule has 0 atom stereocenters. The van der Waals surface area contributed by atoms with Crippen LogP contribution in [0.15, 0.2) is 55.1 Å². The molecular weight excluding hydrogens is 289 g/mol. The summed E-state index contributed by atoms with van der Waals surface area (Å²) in [6, 6.07) is 12.0. The van der Waals surface area contributed by atoms with Gasteiger partial charge in [0, 0.05) is 29.2 Å². The van der Waals surface area contributed by atoms with Gasteiger partial charge in [0.15, 0.2) is 0 Å². The predicted octanol–water partition coefficient (Wildman–Crippen LogP) is 4.33. The van der Waals surface area contributed by atoms with Crippen molar-refractivity contribution >= 4 is 11.6 Å². The van der Waals surface area contributed by atoms with Crippen LogP contribution in [0.1, 0.15) is 11.1 Å². The lowest BCUT2D eigenvalue weighted by atomic mass is 10.2. The van der Waals surface area contributed by atoms with Crippen molar-refractivity contribution in [1.29, 1.82) is 0 Å². The second-order valence-electron chi connectivity index (χ2n) is 4.55. The molecule has 0 radical (unpaired) electrons. The van der Waals surface area contributed by atoms with E-state index in [9.17, 15) is 4.39 Å². The van der Waals surface area contributed by atoms with Crippen molar-refractivity contribution in [3.8, 4) is 5.75 Å². The van der Waals surface area contributed by atoms with E-state index >= 15 is 0 Å². The van der Waals surface area contributed by atoms with E-state index in [4.69, 9.17) is 16.3 Å². The highest BCUT2D eigenvalue weighted by Crippen LogP contribution is 2.24. The molecule has 0 bridgehead atoms. The van der Waals surface area contributed by atoms with Gasteiger partial charge in [-0.2, -0.15) is 0 Å². The summed E-state index contributed by atoms with van der Waals surface area (Å²) in [5, 5.41) is 3.84.